The fourth-order valence-corrected chi connectivity index (χ4v) is 1.89. The van der Waals surface area contributed by atoms with Crippen LogP contribution in [0.15, 0.2) is 33.5 Å². The topological polar surface area (TPSA) is 75.7 Å². The number of aromatic nitrogens is 1. The van der Waals surface area contributed by atoms with Gasteiger partial charge in [-0.15, -0.1) is 0 Å². The van der Waals surface area contributed by atoms with Gasteiger partial charge in [0.2, 0.25) is 0 Å². The molecule has 0 spiro atoms. The third-order valence-corrected chi connectivity index (χ3v) is 2.99. The van der Waals surface area contributed by atoms with Crippen molar-refractivity contribution in [1.29, 1.82) is 0 Å². The molecule has 0 unspecified atom stereocenters. The van der Waals surface area contributed by atoms with Crippen LogP contribution in [0.4, 0.5) is 0 Å². The lowest BCUT2D eigenvalue weighted by Crippen LogP contribution is -2.28. The largest absolute Gasteiger partial charge is 0.481 e. The minimum atomic E-state index is -0.822. The molecule has 0 aliphatic rings. The molecule has 1 aromatic carbocycles. The monoisotopic (exact) mass is 264 g/mol. The number of aliphatic carboxylic acids is 1. The fraction of sp³-hybridized carbons (Fsp3) is 0.385. The van der Waals surface area contributed by atoms with E-state index in [4.69, 9.17) is 9.52 Å². The van der Waals surface area contributed by atoms with Gasteiger partial charge in [0.15, 0.2) is 5.58 Å². The SMILES string of the molecule is CN(CCC(=O)O)CCn1c(=O)oc2ccccc21. The molecule has 1 aromatic heterocycles. The molecule has 0 amide bonds. The molecule has 6 heteroatoms. The van der Waals surface area contributed by atoms with Gasteiger partial charge in [-0.2, -0.15) is 0 Å². The molecule has 0 aliphatic heterocycles. The van der Waals surface area contributed by atoms with Crippen molar-refractivity contribution >= 4 is 17.1 Å². The number of benzene rings is 1. The molecule has 0 saturated carbocycles. The van der Waals surface area contributed by atoms with Crippen LogP contribution in [0.2, 0.25) is 0 Å². The number of carbonyl (C=O) groups is 1. The van der Waals surface area contributed by atoms with Crippen molar-refractivity contribution < 1.29 is 14.3 Å². The smallest absolute Gasteiger partial charge is 0.419 e. The molecule has 1 N–H and O–H groups in total. The summed E-state index contributed by atoms with van der Waals surface area (Å²) in [7, 11) is 1.83. The number of nitrogens with zero attached hydrogens (tertiary/aromatic N) is 2. The second kappa shape index (κ2) is 5.71. The van der Waals surface area contributed by atoms with E-state index < -0.39 is 5.97 Å². The van der Waals surface area contributed by atoms with E-state index in [0.717, 1.165) is 5.52 Å². The number of fused-ring (bicyclic) bond motifs is 1. The number of rotatable bonds is 6. The summed E-state index contributed by atoms with van der Waals surface area (Å²) in [6, 6.07) is 7.25. The summed E-state index contributed by atoms with van der Waals surface area (Å²) in [4.78, 5) is 24.0. The van der Waals surface area contributed by atoms with Crippen molar-refractivity contribution in [2.75, 3.05) is 20.1 Å². The van der Waals surface area contributed by atoms with Crippen LogP contribution >= 0.6 is 0 Å². The van der Waals surface area contributed by atoms with Crippen molar-refractivity contribution in [3.05, 3.63) is 34.8 Å². The van der Waals surface area contributed by atoms with E-state index in [2.05, 4.69) is 0 Å². The Balaban J connectivity index is 2.03. The van der Waals surface area contributed by atoms with E-state index >= 15 is 0 Å². The molecule has 0 fully saturated rings. The highest BCUT2D eigenvalue weighted by Gasteiger charge is 2.09. The first kappa shape index (κ1) is 13.4. The molecule has 0 aliphatic carbocycles. The highest BCUT2D eigenvalue weighted by atomic mass is 16.4. The zero-order chi connectivity index (χ0) is 13.8. The van der Waals surface area contributed by atoms with Crippen LogP contribution in [0, 0.1) is 0 Å². The van der Waals surface area contributed by atoms with E-state index in [9.17, 15) is 9.59 Å². The van der Waals surface area contributed by atoms with Gasteiger partial charge in [-0.1, -0.05) is 12.1 Å². The van der Waals surface area contributed by atoms with E-state index in [1.807, 2.05) is 30.1 Å². The second-order valence-corrected chi connectivity index (χ2v) is 4.43. The Morgan fingerprint density at radius 1 is 1.37 bits per heavy atom. The predicted octanol–water partition coefficient (Wildman–Crippen LogP) is 1.00. The number of carboxylic acid groups (broad SMARTS) is 1. The second-order valence-electron chi connectivity index (χ2n) is 4.43. The Morgan fingerprint density at radius 2 is 2.11 bits per heavy atom. The first-order chi connectivity index (χ1) is 9.08. The number of hydrogen-bond acceptors (Lipinski definition) is 4. The molecule has 1 heterocycles. The number of hydrogen-bond donors (Lipinski definition) is 1. The first-order valence-corrected chi connectivity index (χ1v) is 6.06. The summed E-state index contributed by atoms with van der Waals surface area (Å²) in [6.45, 7) is 1.53. The maximum Gasteiger partial charge on any atom is 0.419 e. The lowest BCUT2D eigenvalue weighted by molar-refractivity contribution is -0.137. The Bertz CT molecular complexity index is 629. The Labute approximate surface area is 109 Å². The molecule has 19 heavy (non-hydrogen) atoms. The van der Waals surface area contributed by atoms with Crippen molar-refractivity contribution in [3.63, 3.8) is 0 Å². The maximum atomic E-state index is 11.7. The third-order valence-electron chi connectivity index (χ3n) is 2.99. The Kier molecular flexibility index (Phi) is 4.01. The number of oxazole rings is 1. The number of para-hydroxylation sites is 2. The molecule has 0 radical (unpaired) electrons. The van der Waals surface area contributed by atoms with E-state index in [-0.39, 0.29) is 12.2 Å². The molecular weight excluding hydrogens is 248 g/mol. The average molecular weight is 264 g/mol. The van der Waals surface area contributed by atoms with Gasteiger partial charge in [-0.3, -0.25) is 9.36 Å². The van der Waals surface area contributed by atoms with Crippen LogP contribution in [-0.4, -0.2) is 40.7 Å². The first-order valence-electron chi connectivity index (χ1n) is 6.06. The Hall–Kier alpha value is -2.08. The molecule has 2 aromatic rings. The van der Waals surface area contributed by atoms with Gasteiger partial charge in [0, 0.05) is 19.6 Å². The standard InChI is InChI=1S/C13H16N2O4/c1-14(7-6-12(16)17)8-9-15-10-4-2-3-5-11(10)19-13(15)18/h2-5H,6-9H2,1H3,(H,16,17). The summed E-state index contributed by atoms with van der Waals surface area (Å²) >= 11 is 0. The van der Waals surface area contributed by atoms with Crippen molar-refractivity contribution in [2.24, 2.45) is 0 Å². The molecule has 0 bridgehead atoms. The zero-order valence-electron chi connectivity index (χ0n) is 10.7. The van der Waals surface area contributed by atoms with Gasteiger partial charge in [0.25, 0.3) is 0 Å². The van der Waals surface area contributed by atoms with E-state index in [1.54, 1.807) is 10.6 Å². The van der Waals surface area contributed by atoms with Crippen LogP contribution in [0.3, 0.4) is 0 Å². The molecule has 6 nitrogen and oxygen atoms in total. The normalized spacial score (nSPS) is 11.3. The molecule has 0 saturated heterocycles. The van der Waals surface area contributed by atoms with Crippen molar-refractivity contribution in [2.45, 2.75) is 13.0 Å². The van der Waals surface area contributed by atoms with Gasteiger partial charge in [0.05, 0.1) is 11.9 Å². The predicted molar refractivity (Wildman–Crippen MR) is 70.2 cm³/mol. The van der Waals surface area contributed by atoms with E-state index in [1.165, 1.54) is 0 Å². The minimum Gasteiger partial charge on any atom is -0.481 e. The molecule has 0 atom stereocenters. The lowest BCUT2D eigenvalue weighted by Gasteiger charge is -2.15. The van der Waals surface area contributed by atoms with Gasteiger partial charge >= 0.3 is 11.7 Å². The summed E-state index contributed by atoms with van der Waals surface area (Å²) in [6.07, 6.45) is 0.0948. The van der Waals surface area contributed by atoms with Crippen LogP contribution < -0.4 is 5.76 Å². The lowest BCUT2D eigenvalue weighted by atomic mass is 10.3. The molecule has 102 valence electrons. The van der Waals surface area contributed by atoms with Crippen LogP contribution in [0.1, 0.15) is 6.42 Å². The van der Waals surface area contributed by atoms with E-state index in [0.29, 0.717) is 25.2 Å². The summed E-state index contributed by atoms with van der Waals surface area (Å²) in [5, 5.41) is 8.60. The highest BCUT2D eigenvalue weighted by molar-refractivity contribution is 5.72. The van der Waals surface area contributed by atoms with Gasteiger partial charge in [0.1, 0.15) is 0 Å². The fourth-order valence-electron chi connectivity index (χ4n) is 1.89. The third kappa shape index (κ3) is 3.23. The summed E-state index contributed by atoms with van der Waals surface area (Å²) in [5.74, 6) is -1.20. The zero-order valence-corrected chi connectivity index (χ0v) is 10.7. The Morgan fingerprint density at radius 3 is 2.84 bits per heavy atom. The average Bonchev–Trinajstić information content (AvgIpc) is 2.69. The van der Waals surface area contributed by atoms with Crippen molar-refractivity contribution in [3.8, 4) is 0 Å². The van der Waals surface area contributed by atoms with Crippen LogP contribution in [0.25, 0.3) is 11.1 Å². The number of carboxylic acids is 1. The number of likely N-dealkylation sites (N-methyl/N-ethyl adjacent to an activating group) is 1. The summed E-state index contributed by atoms with van der Waals surface area (Å²) in [5.41, 5.74) is 1.33. The molecular formula is C13H16N2O4. The van der Waals surface area contributed by atoms with Crippen molar-refractivity contribution in [1.82, 2.24) is 9.47 Å². The van der Waals surface area contributed by atoms with Crippen LogP contribution in [0.5, 0.6) is 0 Å². The van der Waals surface area contributed by atoms with Gasteiger partial charge in [-0.05, 0) is 19.2 Å². The quantitative estimate of drug-likeness (QED) is 0.842. The summed E-state index contributed by atoms with van der Waals surface area (Å²) < 4.78 is 6.69. The highest BCUT2D eigenvalue weighted by Crippen LogP contribution is 2.11. The van der Waals surface area contributed by atoms with Gasteiger partial charge < -0.3 is 14.4 Å². The van der Waals surface area contributed by atoms with Crippen LogP contribution in [-0.2, 0) is 11.3 Å². The van der Waals surface area contributed by atoms with Gasteiger partial charge in [-0.25, -0.2) is 4.79 Å². The minimum absolute atomic E-state index is 0.0948. The molecule has 2 rings (SSSR count). The maximum absolute atomic E-state index is 11.7.